The van der Waals surface area contributed by atoms with E-state index in [4.69, 9.17) is 10.5 Å². The summed E-state index contributed by atoms with van der Waals surface area (Å²) in [5.41, 5.74) is 7.67. The number of hydrogen-bond acceptors (Lipinski definition) is 4. The van der Waals surface area contributed by atoms with Gasteiger partial charge < -0.3 is 10.5 Å². The van der Waals surface area contributed by atoms with E-state index in [1.807, 2.05) is 6.92 Å². The molecular formula is C15H19NO3. The molecule has 0 amide bonds. The molecule has 102 valence electrons. The lowest BCUT2D eigenvalue weighted by Gasteiger charge is -2.12. The van der Waals surface area contributed by atoms with Gasteiger partial charge in [-0.05, 0) is 26.3 Å². The second-order valence-electron chi connectivity index (χ2n) is 4.08. The first-order valence-corrected chi connectivity index (χ1v) is 6.28. The Labute approximate surface area is 113 Å². The number of ketones is 1. The number of Topliss-reactive ketones (excluding diaryl/α,β-unsaturated/α-hetero) is 1. The van der Waals surface area contributed by atoms with Crippen LogP contribution in [0.3, 0.4) is 0 Å². The van der Waals surface area contributed by atoms with Gasteiger partial charge in [-0.25, -0.2) is 4.79 Å². The lowest BCUT2D eigenvalue weighted by Crippen LogP contribution is -2.13. The highest BCUT2D eigenvalue weighted by Crippen LogP contribution is 2.23. The molecule has 0 bridgehead atoms. The zero-order chi connectivity index (χ0) is 14.4. The second kappa shape index (κ2) is 6.73. The fourth-order valence-corrected chi connectivity index (χ4v) is 1.85. The van der Waals surface area contributed by atoms with Gasteiger partial charge >= 0.3 is 5.97 Å². The molecule has 1 aromatic carbocycles. The van der Waals surface area contributed by atoms with E-state index in [1.54, 1.807) is 31.2 Å². The van der Waals surface area contributed by atoms with Crippen molar-refractivity contribution in [3.05, 3.63) is 41.1 Å². The molecule has 0 spiro atoms. The van der Waals surface area contributed by atoms with Gasteiger partial charge in [-0.15, -0.1) is 0 Å². The van der Waals surface area contributed by atoms with Crippen LogP contribution in [-0.2, 0) is 9.53 Å². The van der Waals surface area contributed by atoms with Gasteiger partial charge in [0.25, 0.3) is 0 Å². The predicted molar refractivity (Wildman–Crippen MR) is 74.5 cm³/mol. The van der Waals surface area contributed by atoms with Crippen LogP contribution in [0.25, 0.3) is 5.57 Å². The van der Waals surface area contributed by atoms with Crippen LogP contribution in [0.2, 0.25) is 0 Å². The first-order chi connectivity index (χ1) is 9.02. The molecule has 0 aromatic heterocycles. The molecule has 4 heteroatoms. The smallest absolute Gasteiger partial charge is 0.338 e. The van der Waals surface area contributed by atoms with Gasteiger partial charge in [-0.1, -0.05) is 25.1 Å². The molecule has 0 atom stereocenters. The maximum absolute atomic E-state index is 11.9. The number of esters is 1. The lowest BCUT2D eigenvalue weighted by molar-refractivity contribution is -0.111. The van der Waals surface area contributed by atoms with Crippen molar-refractivity contribution in [3.8, 4) is 0 Å². The Hall–Kier alpha value is -2.10. The van der Waals surface area contributed by atoms with Crippen molar-refractivity contribution in [1.82, 2.24) is 0 Å². The first-order valence-electron chi connectivity index (χ1n) is 6.28. The summed E-state index contributed by atoms with van der Waals surface area (Å²) in [6, 6.07) is 6.85. The summed E-state index contributed by atoms with van der Waals surface area (Å²) in [5, 5.41) is 0. The molecule has 0 saturated carbocycles. The number of rotatable bonds is 5. The average Bonchev–Trinajstić information content (AvgIpc) is 2.39. The van der Waals surface area contributed by atoms with Gasteiger partial charge in [0.1, 0.15) is 0 Å². The molecule has 0 aliphatic heterocycles. The summed E-state index contributed by atoms with van der Waals surface area (Å²) < 4.78 is 5.00. The van der Waals surface area contributed by atoms with Gasteiger partial charge in [-0.3, -0.25) is 4.79 Å². The Morgan fingerprint density at radius 3 is 2.21 bits per heavy atom. The van der Waals surface area contributed by atoms with Gasteiger partial charge in [0, 0.05) is 16.8 Å². The molecule has 1 aromatic rings. The molecule has 0 saturated heterocycles. The Balaban J connectivity index is 3.41. The molecular weight excluding hydrogens is 242 g/mol. The van der Waals surface area contributed by atoms with Crippen LogP contribution in [0.1, 0.15) is 43.1 Å². The predicted octanol–water partition coefficient (Wildman–Crippen LogP) is 2.53. The minimum absolute atomic E-state index is 0.156. The fraction of sp³-hybridized carbons (Fsp3) is 0.333. The van der Waals surface area contributed by atoms with E-state index >= 15 is 0 Å². The summed E-state index contributed by atoms with van der Waals surface area (Å²) >= 11 is 0. The highest BCUT2D eigenvalue weighted by molar-refractivity contribution is 6.22. The number of carbonyl (C=O) groups is 2. The lowest BCUT2D eigenvalue weighted by atomic mass is 9.94. The van der Waals surface area contributed by atoms with Crippen LogP contribution in [0.5, 0.6) is 0 Å². The number of nitrogens with two attached hydrogens (primary N) is 1. The Morgan fingerprint density at radius 2 is 1.74 bits per heavy atom. The van der Waals surface area contributed by atoms with Gasteiger partial charge in [0.05, 0.1) is 12.2 Å². The molecule has 2 N–H and O–H groups in total. The van der Waals surface area contributed by atoms with Crippen LogP contribution in [-0.4, -0.2) is 18.4 Å². The second-order valence-corrected chi connectivity index (χ2v) is 4.08. The first kappa shape index (κ1) is 15.0. The van der Waals surface area contributed by atoms with E-state index in [1.165, 1.54) is 6.92 Å². The molecule has 0 aliphatic carbocycles. The number of carbonyl (C=O) groups excluding carboxylic acids is 2. The van der Waals surface area contributed by atoms with Gasteiger partial charge in [0.2, 0.25) is 0 Å². The van der Waals surface area contributed by atoms with E-state index in [0.717, 1.165) is 0 Å². The van der Waals surface area contributed by atoms with E-state index < -0.39 is 5.97 Å². The van der Waals surface area contributed by atoms with Crippen LogP contribution >= 0.6 is 0 Å². The normalized spacial score (nSPS) is 11.7. The molecule has 19 heavy (non-hydrogen) atoms. The van der Waals surface area contributed by atoms with Crippen molar-refractivity contribution in [2.75, 3.05) is 6.61 Å². The van der Waals surface area contributed by atoms with E-state index in [-0.39, 0.29) is 12.4 Å². The van der Waals surface area contributed by atoms with Crippen molar-refractivity contribution in [2.45, 2.75) is 27.2 Å². The molecule has 0 radical (unpaired) electrons. The van der Waals surface area contributed by atoms with Crippen LogP contribution in [0.4, 0.5) is 0 Å². The van der Waals surface area contributed by atoms with Crippen molar-refractivity contribution >= 4 is 17.3 Å². The number of hydrogen-bond donors (Lipinski definition) is 1. The zero-order valence-corrected chi connectivity index (χ0v) is 11.5. The van der Waals surface area contributed by atoms with Crippen molar-refractivity contribution in [3.63, 3.8) is 0 Å². The third kappa shape index (κ3) is 3.44. The monoisotopic (exact) mass is 261 g/mol. The van der Waals surface area contributed by atoms with Crippen LogP contribution < -0.4 is 5.73 Å². The molecule has 1 rings (SSSR count). The Morgan fingerprint density at radius 1 is 1.16 bits per heavy atom. The SMILES string of the molecule is CCOC(=O)c1ccccc1C(C(C)=O)=C(N)CC. The average molecular weight is 261 g/mol. The van der Waals surface area contributed by atoms with Crippen molar-refractivity contribution < 1.29 is 14.3 Å². The minimum Gasteiger partial charge on any atom is -0.462 e. The molecule has 0 aliphatic rings. The Bertz CT molecular complexity index is 518. The number of allylic oxidation sites excluding steroid dienone is 2. The van der Waals surface area contributed by atoms with Crippen LogP contribution in [0.15, 0.2) is 30.0 Å². The topological polar surface area (TPSA) is 69.4 Å². The summed E-state index contributed by atoms with van der Waals surface area (Å²) in [7, 11) is 0. The minimum atomic E-state index is -0.444. The molecule has 0 heterocycles. The number of ether oxygens (including phenoxy) is 1. The summed E-state index contributed by atoms with van der Waals surface area (Å²) in [5.74, 6) is -0.600. The highest BCUT2D eigenvalue weighted by Gasteiger charge is 2.19. The van der Waals surface area contributed by atoms with Gasteiger partial charge in [-0.2, -0.15) is 0 Å². The summed E-state index contributed by atoms with van der Waals surface area (Å²) in [6.07, 6.45) is 0.548. The third-order valence-corrected chi connectivity index (χ3v) is 2.75. The maximum atomic E-state index is 11.9. The summed E-state index contributed by atoms with van der Waals surface area (Å²) in [6.45, 7) is 5.34. The molecule has 0 fully saturated rings. The number of benzene rings is 1. The standard InChI is InChI=1S/C15H19NO3/c1-4-13(16)14(10(3)17)11-8-6-7-9-12(11)15(18)19-5-2/h6-9H,4-5,16H2,1-3H3. The van der Waals surface area contributed by atoms with E-state index in [2.05, 4.69) is 0 Å². The maximum Gasteiger partial charge on any atom is 0.338 e. The quantitative estimate of drug-likeness (QED) is 0.653. The fourth-order valence-electron chi connectivity index (χ4n) is 1.85. The molecule has 0 unspecified atom stereocenters. The van der Waals surface area contributed by atoms with E-state index in [0.29, 0.717) is 28.8 Å². The zero-order valence-electron chi connectivity index (χ0n) is 11.5. The third-order valence-electron chi connectivity index (χ3n) is 2.75. The van der Waals surface area contributed by atoms with Crippen molar-refractivity contribution in [1.29, 1.82) is 0 Å². The van der Waals surface area contributed by atoms with Crippen molar-refractivity contribution in [2.24, 2.45) is 5.73 Å². The highest BCUT2D eigenvalue weighted by atomic mass is 16.5. The summed E-state index contributed by atoms with van der Waals surface area (Å²) in [4.78, 5) is 23.7. The Kier molecular flexibility index (Phi) is 5.30. The van der Waals surface area contributed by atoms with Gasteiger partial charge in [0.15, 0.2) is 5.78 Å². The van der Waals surface area contributed by atoms with E-state index in [9.17, 15) is 9.59 Å². The molecule has 4 nitrogen and oxygen atoms in total. The van der Waals surface area contributed by atoms with Crippen LogP contribution in [0, 0.1) is 0 Å². The largest absolute Gasteiger partial charge is 0.462 e.